The molecule has 0 spiro atoms. The maximum atomic E-state index is 13.0. The molecule has 128 valence electrons. The van der Waals surface area contributed by atoms with Crippen molar-refractivity contribution in [3.63, 3.8) is 0 Å². The van der Waals surface area contributed by atoms with Gasteiger partial charge in [-0.15, -0.1) is 0 Å². The van der Waals surface area contributed by atoms with Crippen molar-refractivity contribution in [2.24, 2.45) is 7.05 Å². The van der Waals surface area contributed by atoms with E-state index in [0.29, 0.717) is 12.1 Å². The molecule has 1 aliphatic rings. The van der Waals surface area contributed by atoms with Crippen LogP contribution >= 0.6 is 0 Å². The van der Waals surface area contributed by atoms with E-state index in [1.54, 1.807) is 24.1 Å². The number of nitrogens with zero attached hydrogens (tertiary/aromatic N) is 4. The minimum atomic E-state index is -0.207. The highest BCUT2D eigenvalue weighted by atomic mass is 19.1. The lowest BCUT2D eigenvalue weighted by Gasteiger charge is -2.36. The molecule has 2 heterocycles. The van der Waals surface area contributed by atoms with Crippen molar-refractivity contribution in [2.45, 2.75) is 0 Å². The molecule has 6 nitrogen and oxygen atoms in total. The van der Waals surface area contributed by atoms with Crippen LogP contribution in [0, 0.1) is 5.82 Å². The Bertz CT molecular complexity index is 677. The normalized spacial score (nSPS) is 15.5. The second-order valence-corrected chi connectivity index (χ2v) is 5.96. The molecule has 1 aliphatic heterocycles. The number of anilines is 1. The molecule has 24 heavy (non-hydrogen) atoms. The van der Waals surface area contributed by atoms with Crippen LogP contribution in [-0.2, 0) is 7.05 Å². The van der Waals surface area contributed by atoms with Crippen LogP contribution in [0.3, 0.4) is 0 Å². The van der Waals surface area contributed by atoms with Gasteiger partial charge in [-0.1, -0.05) is 0 Å². The summed E-state index contributed by atoms with van der Waals surface area (Å²) in [6, 6.07) is 6.63. The summed E-state index contributed by atoms with van der Waals surface area (Å²) in [5.41, 5.74) is 1.64. The van der Waals surface area contributed by atoms with Crippen molar-refractivity contribution in [2.75, 3.05) is 44.2 Å². The molecule has 1 aromatic heterocycles. The molecule has 3 rings (SSSR count). The molecule has 0 atom stereocenters. The third-order valence-electron chi connectivity index (χ3n) is 4.24. The second kappa shape index (κ2) is 7.44. The van der Waals surface area contributed by atoms with Crippen LogP contribution < -0.4 is 10.2 Å². The third-order valence-corrected chi connectivity index (χ3v) is 4.24. The quantitative estimate of drug-likeness (QED) is 0.892. The number of halogens is 1. The molecule has 2 aromatic rings. The lowest BCUT2D eigenvalue weighted by molar-refractivity contribution is 0.0947. The van der Waals surface area contributed by atoms with Crippen molar-refractivity contribution in [1.29, 1.82) is 0 Å². The van der Waals surface area contributed by atoms with Gasteiger partial charge in [-0.3, -0.25) is 14.4 Å². The Morgan fingerprint density at radius 1 is 1.21 bits per heavy atom. The van der Waals surface area contributed by atoms with Gasteiger partial charge >= 0.3 is 0 Å². The fourth-order valence-electron chi connectivity index (χ4n) is 2.85. The Balaban J connectivity index is 1.39. The van der Waals surface area contributed by atoms with Gasteiger partial charge in [0.15, 0.2) is 0 Å². The number of rotatable bonds is 5. The number of carbonyl (C=O) groups excluding carboxylic acids is 1. The fraction of sp³-hybridized carbons (Fsp3) is 0.412. The highest BCUT2D eigenvalue weighted by Crippen LogP contribution is 2.16. The van der Waals surface area contributed by atoms with Gasteiger partial charge in [0, 0.05) is 58.2 Å². The van der Waals surface area contributed by atoms with Gasteiger partial charge < -0.3 is 10.2 Å². The van der Waals surface area contributed by atoms with Crippen LogP contribution in [0.2, 0.25) is 0 Å². The Hall–Kier alpha value is -2.41. The second-order valence-electron chi connectivity index (χ2n) is 5.96. The van der Waals surface area contributed by atoms with Crippen molar-refractivity contribution in [3.8, 4) is 0 Å². The van der Waals surface area contributed by atoms with Crippen molar-refractivity contribution in [3.05, 3.63) is 48.0 Å². The summed E-state index contributed by atoms with van der Waals surface area (Å²) in [6.07, 6.45) is 3.27. The fourth-order valence-corrected chi connectivity index (χ4v) is 2.85. The number of aromatic nitrogens is 2. The Labute approximate surface area is 140 Å². The van der Waals surface area contributed by atoms with Gasteiger partial charge in [0.05, 0.1) is 11.8 Å². The topological polar surface area (TPSA) is 53.4 Å². The zero-order chi connectivity index (χ0) is 16.9. The Morgan fingerprint density at radius 2 is 1.92 bits per heavy atom. The van der Waals surface area contributed by atoms with Crippen LogP contribution in [-0.4, -0.2) is 59.9 Å². The molecule has 1 aromatic carbocycles. The van der Waals surface area contributed by atoms with Crippen LogP contribution in [0.15, 0.2) is 36.7 Å². The third kappa shape index (κ3) is 4.11. The minimum absolute atomic E-state index is 0.0898. The zero-order valence-electron chi connectivity index (χ0n) is 13.8. The molecular formula is C17H22FN5O. The summed E-state index contributed by atoms with van der Waals surface area (Å²) >= 11 is 0. The number of hydrogen-bond donors (Lipinski definition) is 1. The summed E-state index contributed by atoms with van der Waals surface area (Å²) in [7, 11) is 1.79. The van der Waals surface area contributed by atoms with Crippen LogP contribution in [0.4, 0.5) is 10.1 Å². The lowest BCUT2D eigenvalue weighted by Crippen LogP contribution is -2.48. The predicted octanol–water partition coefficient (Wildman–Crippen LogP) is 1.11. The molecule has 1 amide bonds. The van der Waals surface area contributed by atoms with Gasteiger partial charge in [0.1, 0.15) is 5.82 Å². The van der Waals surface area contributed by atoms with Crippen LogP contribution in [0.1, 0.15) is 10.4 Å². The summed E-state index contributed by atoms with van der Waals surface area (Å²) in [6.45, 7) is 5.11. The highest BCUT2D eigenvalue weighted by Gasteiger charge is 2.17. The number of hydrogen-bond acceptors (Lipinski definition) is 4. The summed E-state index contributed by atoms with van der Waals surface area (Å²) in [4.78, 5) is 16.5. The van der Waals surface area contributed by atoms with Gasteiger partial charge in [0.2, 0.25) is 0 Å². The van der Waals surface area contributed by atoms with Gasteiger partial charge in [-0.2, -0.15) is 5.10 Å². The first-order valence-electron chi connectivity index (χ1n) is 8.11. The van der Waals surface area contributed by atoms with E-state index in [0.717, 1.165) is 38.4 Å². The van der Waals surface area contributed by atoms with E-state index < -0.39 is 0 Å². The summed E-state index contributed by atoms with van der Waals surface area (Å²) in [5, 5.41) is 6.91. The van der Waals surface area contributed by atoms with E-state index in [2.05, 4.69) is 20.2 Å². The summed E-state index contributed by atoms with van der Waals surface area (Å²) < 4.78 is 14.6. The van der Waals surface area contributed by atoms with Crippen molar-refractivity contribution >= 4 is 11.6 Å². The maximum absolute atomic E-state index is 13.0. The van der Waals surface area contributed by atoms with Crippen LogP contribution in [0.5, 0.6) is 0 Å². The first-order chi connectivity index (χ1) is 11.6. The molecule has 0 aliphatic carbocycles. The zero-order valence-corrected chi connectivity index (χ0v) is 13.8. The van der Waals surface area contributed by atoms with E-state index >= 15 is 0 Å². The van der Waals surface area contributed by atoms with Crippen molar-refractivity contribution < 1.29 is 9.18 Å². The van der Waals surface area contributed by atoms with E-state index in [9.17, 15) is 9.18 Å². The number of aryl methyl sites for hydroxylation is 1. The molecule has 1 fully saturated rings. The monoisotopic (exact) mass is 331 g/mol. The molecule has 0 bridgehead atoms. The van der Waals surface area contributed by atoms with E-state index in [1.807, 2.05) is 12.1 Å². The SMILES string of the molecule is Cn1cc(C(=O)NCCN2CCN(c3ccc(F)cc3)CC2)cn1. The predicted molar refractivity (Wildman–Crippen MR) is 90.6 cm³/mol. The molecule has 1 saturated heterocycles. The molecule has 0 saturated carbocycles. The standard InChI is InChI=1S/C17H22FN5O/c1-21-13-14(12-20-21)17(24)19-6-7-22-8-10-23(11-9-22)16-4-2-15(18)3-5-16/h2-5,12-13H,6-11H2,1H3,(H,19,24). The number of benzene rings is 1. The highest BCUT2D eigenvalue weighted by molar-refractivity contribution is 5.93. The molecule has 1 N–H and O–H groups in total. The van der Waals surface area contributed by atoms with Crippen molar-refractivity contribution in [1.82, 2.24) is 20.0 Å². The first kappa shape index (κ1) is 16.4. The smallest absolute Gasteiger partial charge is 0.254 e. The number of piperazine rings is 1. The van der Waals surface area contributed by atoms with E-state index in [-0.39, 0.29) is 11.7 Å². The van der Waals surface area contributed by atoms with Gasteiger partial charge in [-0.05, 0) is 24.3 Å². The Kier molecular flexibility index (Phi) is 5.10. The number of carbonyl (C=O) groups is 1. The van der Waals surface area contributed by atoms with Crippen LogP contribution in [0.25, 0.3) is 0 Å². The molecule has 0 radical (unpaired) electrons. The lowest BCUT2D eigenvalue weighted by atomic mass is 10.2. The van der Waals surface area contributed by atoms with E-state index in [4.69, 9.17) is 0 Å². The molecule has 7 heteroatoms. The average Bonchev–Trinajstić information content (AvgIpc) is 3.03. The molecular weight excluding hydrogens is 309 g/mol. The summed E-state index contributed by atoms with van der Waals surface area (Å²) in [5.74, 6) is -0.296. The van der Waals surface area contributed by atoms with Gasteiger partial charge in [0.25, 0.3) is 5.91 Å². The average molecular weight is 331 g/mol. The minimum Gasteiger partial charge on any atom is -0.369 e. The molecule has 0 unspecified atom stereocenters. The number of amides is 1. The largest absolute Gasteiger partial charge is 0.369 e. The maximum Gasteiger partial charge on any atom is 0.254 e. The first-order valence-corrected chi connectivity index (χ1v) is 8.11. The Morgan fingerprint density at radius 3 is 2.54 bits per heavy atom. The number of nitrogens with one attached hydrogen (secondary N) is 1. The van der Waals surface area contributed by atoms with E-state index in [1.165, 1.54) is 12.1 Å². The van der Waals surface area contributed by atoms with Gasteiger partial charge in [-0.25, -0.2) is 4.39 Å².